The van der Waals surface area contributed by atoms with Crippen LogP contribution in [0.4, 0.5) is 5.69 Å². The monoisotopic (exact) mass is 448 g/mol. The number of sulfonamides is 2. The number of hydrogen-bond acceptors (Lipinski definition) is 5. The van der Waals surface area contributed by atoms with Gasteiger partial charge in [-0.05, 0) is 46.7 Å². The third kappa shape index (κ3) is 4.53. The molecule has 2 aromatic carbocycles. The standard InChI is InChI=1S/C20H20N2O4S3/c23-28(24,15-16-5-2-1-3-6-16)21-19-9-8-17-10-11-22(14-18(17)13-19)29(25,26)20-7-4-12-27-20/h1-9,12-13,21H,10-11,14-15H2. The van der Waals surface area contributed by atoms with Crippen molar-refractivity contribution in [1.82, 2.24) is 4.31 Å². The molecule has 0 atom stereocenters. The van der Waals surface area contributed by atoms with E-state index < -0.39 is 20.0 Å². The molecule has 0 unspecified atom stereocenters. The Labute approximate surface area is 174 Å². The van der Waals surface area contributed by atoms with E-state index in [1.807, 2.05) is 12.1 Å². The normalized spacial score (nSPS) is 15.0. The number of hydrogen-bond donors (Lipinski definition) is 1. The average Bonchev–Trinajstić information content (AvgIpc) is 3.23. The number of fused-ring (bicyclic) bond motifs is 1. The fourth-order valence-corrected chi connectivity index (χ4v) is 7.10. The van der Waals surface area contributed by atoms with Crippen molar-refractivity contribution in [2.24, 2.45) is 0 Å². The lowest BCUT2D eigenvalue weighted by molar-refractivity contribution is 0.392. The summed E-state index contributed by atoms with van der Waals surface area (Å²) >= 11 is 1.20. The largest absolute Gasteiger partial charge is 0.283 e. The summed E-state index contributed by atoms with van der Waals surface area (Å²) < 4.78 is 55.0. The highest BCUT2D eigenvalue weighted by Crippen LogP contribution is 2.29. The molecule has 0 fully saturated rings. The lowest BCUT2D eigenvalue weighted by Gasteiger charge is -2.28. The molecule has 4 rings (SSSR count). The number of nitrogens with zero attached hydrogens (tertiary/aromatic N) is 1. The third-order valence-electron chi connectivity index (χ3n) is 4.75. The maximum absolute atomic E-state index is 12.8. The zero-order valence-electron chi connectivity index (χ0n) is 15.5. The van der Waals surface area contributed by atoms with Crippen molar-refractivity contribution in [1.29, 1.82) is 0 Å². The second-order valence-electron chi connectivity index (χ2n) is 6.85. The number of thiophene rings is 1. The van der Waals surface area contributed by atoms with Crippen molar-refractivity contribution in [3.63, 3.8) is 0 Å². The molecule has 29 heavy (non-hydrogen) atoms. The van der Waals surface area contributed by atoms with Crippen LogP contribution in [-0.2, 0) is 38.8 Å². The Morgan fingerprint density at radius 1 is 0.931 bits per heavy atom. The highest BCUT2D eigenvalue weighted by Gasteiger charge is 2.29. The fourth-order valence-electron chi connectivity index (χ4n) is 3.35. The summed E-state index contributed by atoms with van der Waals surface area (Å²) in [6.07, 6.45) is 0.594. The van der Waals surface area contributed by atoms with Gasteiger partial charge in [-0.15, -0.1) is 11.3 Å². The predicted molar refractivity (Wildman–Crippen MR) is 115 cm³/mol. The summed E-state index contributed by atoms with van der Waals surface area (Å²) in [5, 5.41) is 1.74. The number of benzene rings is 2. The molecule has 9 heteroatoms. The predicted octanol–water partition coefficient (Wildman–Crippen LogP) is 3.44. The SMILES string of the molecule is O=S(=O)(Cc1ccccc1)Nc1ccc2c(c1)CN(S(=O)(=O)c1cccs1)CC2. The minimum atomic E-state index is -3.57. The highest BCUT2D eigenvalue weighted by molar-refractivity contribution is 7.92. The van der Waals surface area contributed by atoms with Gasteiger partial charge in [0.25, 0.3) is 10.0 Å². The van der Waals surface area contributed by atoms with Crippen LogP contribution in [0.1, 0.15) is 16.7 Å². The van der Waals surface area contributed by atoms with Crippen LogP contribution in [0.5, 0.6) is 0 Å². The summed E-state index contributed by atoms with van der Waals surface area (Å²) in [5.74, 6) is -0.121. The van der Waals surface area contributed by atoms with Gasteiger partial charge in [-0.3, -0.25) is 4.72 Å². The molecule has 0 amide bonds. The van der Waals surface area contributed by atoms with E-state index in [4.69, 9.17) is 0 Å². The molecular weight excluding hydrogens is 428 g/mol. The van der Waals surface area contributed by atoms with Crippen molar-refractivity contribution >= 4 is 37.1 Å². The van der Waals surface area contributed by atoms with Crippen LogP contribution in [0.15, 0.2) is 70.3 Å². The number of anilines is 1. The van der Waals surface area contributed by atoms with E-state index in [0.29, 0.717) is 28.4 Å². The van der Waals surface area contributed by atoms with E-state index in [9.17, 15) is 16.8 Å². The van der Waals surface area contributed by atoms with E-state index >= 15 is 0 Å². The van der Waals surface area contributed by atoms with Gasteiger partial charge in [0.05, 0.1) is 5.75 Å². The summed E-state index contributed by atoms with van der Waals surface area (Å²) in [5.41, 5.74) is 2.99. The Kier molecular flexibility index (Phi) is 5.48. The van der Waals surface area contributed by atoms with E-state index in [2.05, 4.69) is 4.72 Å². The smallest absolute Gasteiger partial charge is 0.252 e. The Morgan fingerprint density at radius 3 is 2.45 bits per heavy atom. The molecule has 1 N–H and O–H groups in total. The molecule has 0 aliphatic carbocycles. The molecule has 0 spiro atoms. The summed E-state index contributed by atoms with van der Waals surface area (Å²) in [6, 6.07) is 17.6. The zero-order chi connectivity index (χ0) is 20.5. The third-order valence-corrected chi connectivity index (χ3v) is 9.22. The molecule has 152 valence electrons. The van der Waals surface area contributed by atoms with Gasteiger partial charge in [0.1, 0.15) is 4.21 Å². The molecule has 0 bridgehead atoms. The van der Waals surface area contributed by atoms with Gasteiger partial charge in [-0.2, -0.15) is 4.31 Å². The Bertz CT molecular complexity index is 1210. The van der Waals surface area contributed by atoms with Crippen LogP contribution in [0.3, 0.4) is 0 Å². The first-order valence-corrected chi connectivity index (χ1v) is 13.0. The Hall–Kier alpha value is -2.20. The van der Waals surface area contributed by atoms with Crippen molar-refractivity contribution in [2.75, 3.05) is 11.3 Å². The molecule has 1 aliphatic heterocycles. The second-order valence-corrected chi connectivity index (χ2v) is 11.7. The molecule has 0 saturated carbocycles. The molecule has 1 aromatic heterocycles. The van der Waals surface area contributed by atoms with Crippen LogP contribution in [0.25, 0.3) is 0 Å². The molecule has 6 nitrogen and oxygen atoms in total. The molecular formula is C20H20N2O4S3. The topological polar surface area (TPSA) is 83.6 Å². The zero-order valence-corrected chi connectivity index (χ0v) is 17.9. The van der Waals surface area contributed by atoms with Crippen LogP contribution < -0.4 is 4.72 Å². The summed E-state index contributed by atoms with van der Waals surface area (Å²) in [4.78, 5) is 0. The lowest BCUT2D eigenvalue weighted by atomic mass is 10.0. The molecule has 0 radical (unpaired) electrons. The first-order valence-electron chi connectivity index (χ1n) is 9.03. The van der Waals surface area contributed by atoms with Crippen molar-refractivity contribution in [2.45, 2.75) is 22.9 Å². The van der Waals surface area contributed by atoms with Crippen LogP contribution >= 0.6 is 11.3 Å². The van der Waals surface area contributed by atoms with Gasteiger partial charge < -0.3 is 0 Å². The van der Waals surface area contributed by atoms with Crippen LogP contribution in [0, 0.1) is 0 Å². The van der Waals surface area contributed by atoms with Gasteiger partial charge >= 0.3 is 0 Å². The maximum Gasteiger partial charge on any atom is 0.252 e. The molecule has 3 aromatic rings. The fraction of sp³-hybridized carbons (Fsp3) is 0.200. The van der Waals surface area contributed by atoms with Crippen LogP contribution in [-0.4, -0.2) is 27.7 Å². The Morgan fingerprint density at radius 2 is 1.72 bits per heavy atom. The maximum atomic E-state index is 12.8. The van der Waals surface area contributed by atoms with Gasteiger partial charge in [0.2, 0.25) is 10.0 Å². The average molecular weight is 449 g/mol. The van der Waals surface area contributed by atoms with E-state index in [-0.39, 0.29) is 12.3 Å². The molecule has 0 saturated heterocycles. The minimum absolute atomic E-state index is 0.121. The Balaban J connectivity index is 1.53. The van der Waals surface area contributed by atoms with Crippen molar-refractivity contribution < 1.29 is 16.8 Å². The quantitative estimate of drug-likeness (QED) is 0.626. The van der Waals surface area contributed by atoms with Crippen molar-refractivity contribution in [3.8, 4) is 0 Å². The van der Waals surface area contributed by atoms with Crippen LogP contribution in [0.2, 0.25) is 0 Å². The highest BCUT2D eigenvalue weighted by atomic mass is 32.2. The summed E-state index contributed by atoms with van der Waals surface area (Å²) in [6.45, 7) is 0.635. The van der Waals surface area contributed by atoms with Gasteiger partial charge in [0, 0.05) is 18.8 Å². The molecule has 2 heterocycles. The number of rotatable bonds is 6. The van der Waals surface area contributed by atoms with E-state index in [1.165, 1.54) is 15.6 Å². The first-order chi connectivity index (χ1) is 13.8. The van der Waals surface area contributed by atoms with E-state index in [1.54, 1.807) is 53.9 Å². The number of nitrogens with one attached hydrogen (secondary N) is 1. The molecule has 1 aliphatic rings. The van der Waals surface area contributed by atoms with Gasteiger partial charge in [0.15, 0.2) is 0 Å². The van der Waals surface area contributed by atoms with Gasteiger partial charge in [-0.25, -0.2) is 16.8 Å². The van der Waals surface area contributed by atoms with Crippen molar-refractivity contribution in [3.05, 3.63) is 82.7 Å². The minimum Gasteiger partial charge on any atom is -0.283 e. The lowest BCUT2D eigenvalue weighted by Crippen LogP contribution is -2.35. The first kappa shape index (κ1) is 20.1. The summed E-state index contributed by atoms with van der Waals surface area (Å²) in [7, 11) is -7.11. The van der Waals surface area contributed by atoms with E-state index in [0.717, 1.165) is 11.1 Å². The van der Waals surface area contributed by atoms with Gasteiger partial charge in [-0.1, -0.05) is 42.5 Å². The second kappa shape index (κ2) is 7.91.